The van der Waals surface area contributed by atoms with Crippen molar-refractivity contribution in [3.05, 3.63) is 34.5 Å². The number of benzene rings is 1. The molecule has 0 aliphatic carbocycles. The fraction of sp³-hybridized carbons (Fsp3) is 0.500. The predicted molar refractivity (Wildman–Crippen MR) is 93.0 cm³/mol. The van der Waals surface area contributed by atoms with Crippen LogP contribution in [0.3, 0.4) is 0 Å². The average Bonchev–Trinajstić information content (AvgIpc) is 2.58. The summed E-state index contributed by atoms with van der Waals surface area (Å²) in [5.41, 5.74) is -0.857. The van der Waals surface area contributed by atoms with E-state index in [2.05, 4.69) is 6.92 Å². The Hall–Kier alpha value is -0.485. The minimum atomic E-state index is -0.980. The van der Waals surface area contributed by atoms with Crippen LogP contribution < -0.4 is 0 Å². The molecule has 1 aliphatic rings. The first-order valence-electron chi connectivity index (χ1n) is 7.31. The predicted octanol–water partition coefficient (Wildman–Crippen LogP) is 5.39. The number of thioether (sulfide) groups is 1. The Kier molecular flexibility index (Phi) is 5.32. The Morgan fingerprint density at radius 1 is 1.23 bits per heavy atom. The molecule has 1 heterocycles. The van der Waals surface area contributed by atoms with Crippen LogP contribution in [-0.4, -0.2) is 24.1 Å². The van der Waals surface area contributed by atoms with Crippen LogP contribution in [0.5, 0.6) is 0 Å². The summed E-state index contributed by atoms with van der Waals surface area (Å²) < 4.78 is 25.9. The van der Waals surface area contributed by atoms with Gasteiger partial charge in [-0.3, -0.25) is 0 Å². The normalized spacial score (nSPS) is 20.5. The van der Waals surface area contributed by atoms with Gasteiger partial charge in [-0.15, -0.1) is 11.8 Å². The quantitative estimate of drug-likeness (QED) is 0.539. The molecule has 22 heavy (non-hydrogen) atoms. The highest BCUT2D eigenvalue weighted by molar-refractivity contribution is 7.99. The summed E-state index contributed by atoms with van der Waals surface area (Å²) in [6.07, 6.45) is 1.42. The van der Waals surface area contributed by atoms with Crippen LogP contribution in [0.25, 0.3) is 6.08 Å². The van der Waals surface area contributed by atoms with Gasteiger partial charge >= 0.3 is 7.12 Å². The Bertz CT molecular complexity index is 574. The lowest BCUT2D eigenvalue weighted by Gasteiger charge is -2.32. The van der Waals surface area contributed by atoms with Gasteiger partial charge in [-0.1, -0.05) is 18.5 Å². The molecule has 1 aliphatic heterocycles. The molecule has 1 aromatic carbocycles. The van der Waals surface area contributed by atoms with Gasteiger partial charge < -0.3 is 9.31 Å². The number of halogens is 2. The second-order valence-electron chi connectivity index (χ2n) is 6.27. The van der Waals surface area contributed by atoms with Gasteiger partial charge in [0.25, 0.3) is 0 Å². The highest BCUT2D eigenvalue weighted by atomic mass is 35.5. The molecule has 1 saturated heterocycles. The van der Waals surface area contributed by atoms with Crippen molar-refractivity contribution < 1.29 is 13.7 Å². The summed E-state index contributed by atoms with van der Waals surface area (Å²) >= 11 is 7.76. The SMILES string of the molecule is CCSc1cc(Cl)cc(C=C(F)B2OC(C)(C)C(C)(C)O2)c1. The maximum Gasteiger partial charge on any atom is 0.525 e. The third-order valence-electron chi connectivity index (χ3n) is 3.99. The Morgan fingerprint density at radius 2 is 1.82 bits per heavy atom. The summed E-state index contributed by atoms with van der Waals surface area (Å²) in [7, 11) is -0.980. The molecule has 1 fully saturated rings. The van der Waals surface area contributed by atoms with Crippen molar-refractivity contribution in [2.24, 2.45) is 0 Å². The molecule has 0 amide bonds. The van der Waals surface area contributed by atoms with Crippen molar-refractivity contribution in [1.82, 2.24) is 0 Å². The summed E-state index contributed by atoms with van der Waals surface area (Å²) in [6, 6.07) is 5.51. The van der Waals surface area contributed by atoms with Gasteiger partial charge in [-0.25, -0.2) is 4.39 Å². The van der Waals surface area contributed by atoms with Crippen LogP contribution in [0.2, 0.25) is 5.02 Å². The molecular weight excluding hydrogens is 322 g/mol. The second-order valence-corrected chi connectivity index (χ2v) is 8.04. The third-order valence-corrected chi connectivity index (χ3v) is 5.06. The van der Waals surface area contributed by atoms with Crippen molar-refractivity contribution in [2.45, 2.75) is 50.7 Å². The van der Waals surface area contributed by atoms with E-state index in [-0.39, 0.29) is 0 Å². The molecule has 2 nitrogen and oxygen atoms in total. The van der Waals surface area contributed by atoms with Crippen LogP contribution >= 0.6 is 23.4 Å². The molecule has 1 aromatic rings. The second kappa shape index (κ2) is 6.56. The first-order chi connectivity index (χ1) is 10.1. The molecule has 0 atom stereocenters. The summed E-state index contributed by atoms with van der Waals surface area (Å²) in [4.78, 5) is 1.02. The number of hydrogen-bond acceptors (Lipinski definition) is 3. The smallest absolute Gasteiger partial charge is 0.398 e. The molecule has 0 aromatic heterocycles. The molecule has 0 radical (unpaired) electrons. The van der Waals surface area contributed by atoms with Crippen LogP contribution in [0.4, 0.5) is 4.39 Å². The van der Waals surface area contributed by atoms with Gasteiger partial charge in [0.05, 0.1) is 11.2 Å². The van der Waals surface area contributed by atoms with E-state index in [4.69, 9.17) is 20.9 Å². The highest BCUT2D eigenvalue weighted by Crippen LogP contribution is 2.39. The monoisotopic (exact) mass is 342 g/mol. The maximum absolute atomic E-state index is 14.5. The van der Waals surface area contributed by atoms with E-state index in [0.717, 1.165) is 10.6 Å². The van der Waals surface area contributed by atoms with Crippen molar-refractivity contribution in [2.75, 3.05) is 5.75 Å². The lowest BCUT2D eigenvalue weighted by molar-refractivity contribution is 0.00578. The molecular formula is C16H21BClFO2S. The van der Waals surface area contributed by atoms with E-state index in [1.165, 1.54) is 6.08 Å². The van der Waals surface area contributed by atoms with Crippen molar-refractivity contribution in [1.29, 1.82) is 0 Å². The molecule has 0 unspecified atom stereocenters. The van der Waals surface area contributed by atoms with Gasteiger partial charge in [-0.2, -0.15) is 0 Å². The fourth-order valence-corrected chi connectivity index (χ4v) is 3.17. The van der Waals surface area contributed by atoms with E-state index in [1.54, 1.807) is 17.8 Å². The zero-order chi connectivity index (χ0) is 16.5. The van der Waals surface area contributed by atoms with Crippen LogP contribution in [0, 0.1) is 0 Å². The zero-order valence-electron chi connectivity index (χ0n) is 13.6. The van der Waals surface area contributed by atoms with Crippen LogP contribution in [0.1, 0.15) is 40.2 Å². The van der Waals surface area contributed by atoms with Crippen molar-refractivity contribution in [3.63, 3.8) is 0 Å². The Balaban J connectivity index is 2.23. The van der Waals surface area contributed by atoms with Gasteiger partial charge in [0.1, 0.15) is 5.73 Å². The third kappa shape index (κ3) is 3.88. The van der Waals surface area contributed by atoms with Crippen LogP contribution in [-0.2, 0) is 9.31 Å². The van der Waals surface area contributed by atoms with E-state index in [1.807, 2.05) is 39.8 Å². The minimum absolute atomic E-state index is 0.451. The molecule has 0 spiro atoms. The molecule has 6 heteroatoms. The van der Waals surface area contributed by atoms with E-state index in [9.17, 15) is 4.39 Å². The number of hydrogen-bond donors (Lipinski definition) is 0. The van der Waals surface area contributed by atoms with Gasteiger partial charge in [-0.05, 0) is 63.3 Å². The molecule has 120 valence electrons. The largest absolute Gasteiger partial charge is 0.525 e. The Labute approximate surface area is 141 Å². The topological polar surface area (TPSA) is 18.5 Å². The van der Waals surface area contributed by atoms with Crippen molar-refractivity contribution in [3.8, 4) is 0 Å². The molecule has 0 saturated carbocycles. The van der Waals surface area contributed by atoms with Gasteiger partial charge in [0, 0.05) is 9.92 Å². The first kappa shape index (κ1) is 17.9. The van der Waals surface area contributed by atoms with Crippen molar-refractivity contribution >= 4 is 36.6 Å². The summed E-state index contributed by atoms with van der Waals surface area (Å²) in [6.45, 7) is 9.66. The Morgan fingerprint density at radius 3 is 2.36 bits per heavy atom. The fourth-order valence-electron chi connectivity index (χ4n) is 2.10. The maximum atomic E-state index is 14.5. The van der Waals surface area contributed by atoms with E-state index < -0.39 is 24.0 Å². The van der Waals surface area contributed by atoms with E-state index in [0.29, 0.717) is 10.6 Å². The van der Waals surface area contributed by atoms with Crippen LogP contribution in [0.15, 0.2) is 28.8 Å². The molecule has 0 N–H and O–H groups in total. The lowest BCUT2D eigenvalue weighted by Crippen LogP contribution is -2.41. The average molecular weight is 343 g/mol. The molecule has 0 bridgehead atoms. The zero-order valence-corrected chi connectivity index (χ0v) is 15.1. The summed E-state index contributed by atoms with van der Waals surface area (Å²) in [5, 5.41) is 0.589. The van der Waals surface area contributed by atoms with Gasteiger partial charge in [0.15, 0.2) is 0 Å². The molecule has 2 rings (SSSR count). The lowest BCUT2D eigenvalue weighted by atomic mass is 9.87. The number of rotatable bonds is 4. The summed E-state index contributed by atoms with van der Waals surface area (Å²) in [5.74, 6) is 0.934. The highest BCUT2D eigenvalue weighted by Gasteiger charge is 2.53. The minimum Gasteiger partial charge on any atom is -0.398 e. The van der Waals surface area contributed by atoms with E-state index >= 15 is 0 Å². The first-order valence-corrected chi connectivity index (χ1v) is 8.67. The standard InChI is InChI=1S/C16H21BClFO2S/c1-6-22-13-8-11(7-12(18)10-13)9-14(19)17-20-15(2,3)16(4,5)21-17/h7-10H,6H2,1-5H3. The van der Waals surface area contributed by atoms with Gasteiger partial charge in [0.2, 0.25) is 0 Å².